The van der Waals surface area contributed by atoms with Crippen LogP contribution in [0.3, 0.4) is 0 Å². The first kappa shape index (κ1) is 12.4. The predicted molar refractivity (Wildman–Crippen MR) is 74.8 cm³/mol. The highest BCUT2D eigenvalue weighted by Gasteiger charge is 2.28. The van der Waals surface area contributed by atoms with Crippen LogP contribution >= 0.6 is 11.6 Å². The summed E-state index contributed by atoms with van der Waals surface area (Å²) >= 11 is 5.85. The van der Waals surface area contributed by atoms with Crippen molar-refractivity contribution in [3.63, 3.8) is 0 Å². The standard InChI is InChI=1S/C14H14ClN3O/c15-13-4-2-10-7-9(1-3-12(10)17-13)8-18-6-5-11(16)14(18)19/h1-4,7,11H,5-6,8,16H2. The van der Waals surface area contributed by atoms with Crippen LogP contribution in [0.2, 0.25) is 5.15 Å². The Bertz CT molecular complexity index is 644. The smallest absolute Gasteiger partial charge is 0.239 e. The molecular formula is C14H14ClN3O. The average Bonchev–Trinajstić information content (AvgIpc) is 2.71. The molecule has 0 bridgehead atoms. The van der Waals surface area contributed by atoms with Crippen LogP contribution in [0.4, 0.5) is 0 Å². The molecular weight excluding hydrogens is 262 g/mol. The largest absolute Gasteiger partial charge is 0.337 e. The van der Waals surface area contributed by atoms with Gasteiger partial charge in [0.2, 0.25) is 5.91 Å². The second kappa shape index (κ2) is 4.79. The van der Waals surface area contributed by atoms with Crippen LogP contribution in [0, 0.1) is 0 Å². The van der Waals surface area contributed by atoms with Gasteiger partial charge in [-0.2, -0.15) is 0 Å². The normalized spacial score (nSPS) is 19.4. The summed E-state index contributed by atoms with van der Waals surface area (Å²) in [6, 6.07) is 9.31. The van der Waals surface area contributed by atoms with Gasteiger partial charge in [0.05, 0.1) is 11.6 Å². The molecule has 3 rings (SSSR count). The van der Waals surface area contributed by atoms with Crippen molar-refractivity contribution < 1.29 is 4.79 Å². The molecule has 4 nitrogen and oxygen atoms in total. The minimum Gasteiger partial charge on any atom is -0.337 e. The van der Waals surface area contributed by atoms with Gasteiger partial charge in [0.15, 0.2) is 0 Å². The number of nitrogens with zero attached hydrogens (tertiary/aromatic N) is 2. The fourth-order valence-electron chi connectivity index (χ4n) is 2.39. The number of fused-ring (bicyclic) bond motifs is 1. The van der Waals surface area contributed by atoms with Crippen molar-refractivity contribution in [2.45, 2.75) is 19.0 Å². The van der Waals surface area contributed by atoms with Crippen LogP contribution in [-0.4, -0.2) is 28.4 Å². The number of amides is 1. The van der Waals surface area contributed by atoms with Crippen molar-refractivity contribution in [2.75, 3.05) is 6.54 Å². The summed E-state index contributed by atoms with van der Waals surface area (Å²) in [5.74, 6) is 0.0364. The van der Waals surface area contributed by atoms with E-state index in [0.29, 0.717) is 11.7 Å². The van der Waals surface area contributed by atoms with Gasteiger partial charge in [-0.05, 0) is 36.2 Å². The average molecular weight is 276 g/mol. The highest BCUT2D eigenvalue weighted by molar-refractivity contribution is 6.29. The molecule has 5 heteroatoms. The number of hydrogen-bond donors (Lipinski definition) is 1. The number of nitrogens with two attached hydrogens (primary N) is 1. The molecule has 1 aliphatic heterocycles. The Hall–Kier alpha value is -1.65. The zero-order chi connectivity index (χ0) is 13.4. The third-order valence-corrected chi connectivity index (χ3v) is 3.64. The molecule has 2 heterocycles. The zero-order valence-electron chi connectivity index (χ0n) is 10.3. The first-order chi connectivity index (χ1) is 9.13. The van der Waals surface area contributed by atoms with Crippen LogP contribution < -0.4 is 5.73 Å². The molecule has 0 radical (unpaired) electrons. The Kier molecular flexibility index (Phi) is 3.12. The SMILES string of the molecule is NC1CCN(Cc2ccc3nc(Cl)ccc3c2)C1=O. The second-order valence-electron chi connectivity index (χ2n) is 4.82. The lowest BCUT2D eigenvalue weighted by molar-refractivity contribution is -0.129. The van der Waals surface area contributed by atoms with Gasteiger partial charge in [0.1, 0.15) is 5.15 Å². The maximum atomic E-state index is 11.8. The predicted octanol–water partition coefficient (Wildman–Crippen LogP) is 1.95. The number of benzene rings is 1. The first-order valence-electron chi connectivity index (χ1n) is 6.23. The van der Waals surface area contributed by atoms with Gasteiger partial charge in [-0.15, -0.1) is 0 Å². The van der Waals surface area contributed by atoms with Gasteiger partial charge < -0.3 is 10.6 Å². The summed E-state index contributed by atoms with van der Waals surface area (Å²) in [5.41, 5.74) is 7.66. The monoisotopic (exact) mass is 275 g/mol. The molecule has 1 atom stereocenters. The summed E-state index contributed by atoms with van der Waals surface area (Å²) < 4.78 is 0. The summed E-state index contributed by atoms with van der Waals surface area (Å²) in [7, 11) is 0. The van der Waals surface area contributed by atoms with E-state index in [0.717, 1.165) is 29.4 Å². The van der Waals surface area contributed by atoms with Crippen LogP contribution in [0.25, 0.3) is 10.9 Å². The molecule has 1 aromatic carbocycles. The molecule has 1 aromatic heterocycles. The Morgan fingerprint density at radius 3 is 2.95 bits per heavy atom. The quantitative estimate of drug-likeness (QED) is 0.852. The van der Waals surface area contributed by atoms with E-state index in [2.05, 4.69) is 4.98 Å². The van der Waals surface area contributed by atoms with Crippen molar-refractivity contribution in [3.05, 3.63) is 41.0 Å². The highest BCUT2D eigenvalue weighted by atomic mass is 35.5. The number of carbonyl (C=O) groups is 1. The van der Waals surface area contributed by atoms with Crippen LogP contribution in [0.15, 0.2) is 30.3 Å². The topological polar surface area (TPSA) is 59.2 Å². The lowest BCUT2D eigenvalue weighted by atomic mass is 10.1. The second-order valence-corrected chi connectivity index (χ2v) is 5.20. The van der Waals surface area contributed by atoms with E-state index in [1.165, 1.54) is 0 Å². The molecule has 98 valence electrons. The van der Waals surface area contributed by atoms with Gasteiger partial charge in [-0.3, -0.25) is 4.79 Å². The van der Waals surface area contributed by atoms with E-state index in [-0.39, 0.29) is 11.9 Å². The zero-order valence-corrected chi connectivity index (χ0v) is 11.1. The van der Waals surface area contributed by atoms with Crippen molar-refractivity contribution in [3.8, 4) is 0 Å². The number of pyridine rings is 1. The Balaban J connectivity index is 1.86. The summed E-state index contributed by atoms with van der Waals surface area (Å²) in [6.07, 6.45) is 0.740. The molecule has 1 amide bonds. The molecule has 2 N–H and O–H groups in total. The minimum atomic E-state index is -0.332. The van der Waals surface area contributed by atoms with Crippen LogP contribution in [0.1, 0.15) is 12.0 Å². The van der Waals surface area contributed by atoms with Crippen LogP contribution in [-0.2, 0) is 11.3 Å². The Morgan fingerprint density at radius 1 is 1.37 bits per heavy atom. The van der Waals surface area contributed by atoms with Gasteiger partial charge >= 0.3 is 0 Å². The van der Waals surface area contributed by atoms with Crippen molar-refractivity contribution >= 4 is 28.4 Å². The van der Waals surface area contributed by atoms with Gasteiger partial charge in [-0.1, -0.05) is 17.7 Å². The van der Waals surface area contributed by atoms with Gasteiger partial charge in [0, 0.05) is 18.5 Å². The number of carbonyl (C=O) groups excluding carboxylic acids is 1. The van der Waals surface area contributed by atoms with E-state index in [4.69, 9.17) is 17.3 Å². The van der Waals surface area contributed by atoms with E-state index >= 15 is 0 Å². The highest BCUT2D eigenvalue weighted by Crippen LogP contribution is 2.19. The summed E-state index contributed by atoms with van der Waals surface area (Å²) in [5, 5.41) is 1.51. The van der Waals surface area contributed by atoms with Crippen molar-refractivity contribution in [1.29, 1.82) is 0 Å². The molecule has 1 aliphatic rings. The van der Waals surface area contributed by atoms with Crippen molar-refractivity contribution in [2.24, 2.45) is 5.73 Å². The maximum absolute atomic E-state index is 11.8. The molecule has 1 fully saturated rings. The van der Waals surface area contributed by atoms with Crippen LogP contribution in [0.5, 0.6) is 0 Å². The molecule has 2 aromatic rings. The lowest BCUT2D eigenvalue weighted by Gasteiger charge is -2.16. The Morgan fingerprint density at radius 2 is 2.21 bits per heavy atom. The van der Waals surface area contributed by atoms with Gasteiger partial charge in [-0.25, -0.2) is 4.98 Å². The molecule has 1 unspecified atom stereocenters. The number of halogens is 1. The number of rotatable bonds is 2. The minimum absolute atomic E-state index is 0.0364. The van der Waals surface area contributed by atoms with E-state index in [1.54, 1.807) is 11.0 Å². The van der Waals surface area contributed by atoms with Crippen molar-refractivity contribution in [1.82, 2.24) is 9.88 Å². The van der Waals surface area contributed by atoms with E-state index in [1.807, 2.05) is 24.3 Å². The third-order valence-electron chi connectivity index (χ3n) is 3.43. The molecule has 0 aliphatic carbocycles. The van der Waals surface area contributed by atoms with Gasteiger partial charge in [0.25, 0.3) is 0 Å². The molecule has 0 spiro atoms. The number of likely N-dealkylation sites (tertiary alicyclic amines) is 1. The fourth-order valence-corrected chi connectivity index (χ4v) is 2.54. The molecule has 1 saturated heterocycles. The third kappa shape index (κ3) is 2.41. The number of hydrogen-bond acceptors (Lipinski definition) is 3. The molecule has 19 heavy (non-hydrogen) atoms. The Labute approximate surface area is 116 Å². The summed E-state index contributed by atoms with van der Waals surface area (Å²) in [4.78, 5) is 17.8. The first-order valence-corrected chi connectivity index (χ1v) is 6.61. The van der Waals surface area contributed by atoms with E-state index < -0.39 is 0 Å². The summed E-state index contributed by atoms with van der Waals surface area (Å²) in [6.45, 7) is 1.34. The lowest BCUT2D eigenvalue weighted by Crippen LogP contribution is -2.33. The fraction of sp³-hybridized carbons (Fsp3) is 0.286. The number of aromatic nitrogens is 1. The molecule has 0 saturated carbocycles. The maximum Gasteiger partial charge on any atom is 0.239 e. The van der Waals surface area contributed by atoms with E-state index in [9.17, 15) is 4.79 Å².